The van der Waals surface area contributed by atoms with Crippen LogP contribution >= 0.6 is 0 Å². The first kappa shape index (κ1) is 12.3. The molecule has 0 aliphatic carbocycles. The SMILES string of the molecule is CC1C(N)CCN1c1cc(C#N)ccc1[N+](=O)[O-]. The molecule has 0 saturated carbocycles. The van der Waals surface area contributed by atoms with Gasteiger partial charge in [0.25, 0.3) is 5.69 Å². The van der Waals surface area contributed by atoms with Crippen molar-refractivity contribution in [3.8, 4) is 6.07 Å². The van der Waals surface area contributed by atoms with E-state index in [9.17, 15) is 10.1 Å². The minimum absolute atomic E-state index is 0.00958. The van der Waals surface area contributed by atoms with E-state index in [4.69, 9.17) is 11.0 Å². The van der Waals surface area contributed by atoms with E-state index in [1.165, 1.54) is 12.1 Å². The van der Waals surface area contributed by atoms with Crippen molar-refractivity contribution in [1.29, 1.82) is 5.26 Å². The molecule has 0 amide bonds. The molecular weight excluding hydrogens is 232 g/mol. The summed E-state index contributed by atoms with van der Waals surface area (Å²) in [5.41, 5.74) is 6.85. The van der Waals surface area contributed by atoms with E-state index < -0.39 is 4.92 Å². The Morgan fingerprint density at radius 1 is 1.61 bits per heavy atom. The molecule has 2 unspecified atom stereocenters. The third-order valence-corrected chi connectivity index (χ3v) is 3.43. The number of hydrogen-bond donors (Lipinski definition) is 1. The average molecular weight is 246 g/mol. The summed E-state index contributed by atoms with van der Waals surface area (Å²) >= 11 is 0. The van der Waals surface area contributed by atoms with Crippen LogP contribution in [0.5, 0.6) is 0 Å². The third-order valence-electron chi connectivity index (χ3n) is 3.43. The summed E-state index contributed by atoms with van der Waals surface area (Å²) in [7, 11) is 0. The lowest BCUT2D eigenvalue weighted by Crippen LogP contribution is -2.37. The Bertz CT molecular complexity index is 523. The van der Waals surface area contributed by atoms with Gasteiger partial charge in [0.05, 0.1) is 16.6 Å². The standard InChI is InChI=1S/C12H14N4O2/c1-8-10(14)4-5-15(8)12-6-9(7-13)2-3-11(12)16(17)18/h2-3,6,8,10H,4-5,14H2,1H3. The largest absolute Gasteiger partial charge is 0.362 e. The van der Waals surface area contributed by atoms with E-state index in [2.05, 4.69) is 0 Å². The minimum Gasteiger partial charge on any atom is -0.362 e. The molecule has 1 heterocycles. The molecule has 1 aliphatic heterocycles. The van der Waals surface area contributed by atoms with Gasteiger partial charge in [-0.15, -0.1) is 0 Å². The maximum absolute atomic E-state index is 11.0. The Hall–Kier alpha value is -2.13. The predicted molar refractivity (Wildman–Crippen MR) is 67.2 cm³/mol. The highest BCUT2D eigenvalue weighted by Crippen LogP contribution is 2.33. The normalized spacial score (nSPS) is 22.8. The maximum atomic E-state index is 11.0. The van der Waals surface area contributed by atoms with E-state index in [1.807, 2.05) is 17.9 Å². The van der Waals surface area contributed by atoms with Crippen molar-refractivity contribution in [2.24, 2.45) is 5.73 Å². The van der Waals surface area contributed by atoms with Gasteiger partial charge in [-0.25, -0.2) is 0 Å². The van der Waals surface area contributed by atoms with Gasteiger partial charge in [-0.2, -0.15) is 5.26 Å². The summed E-state index contributed by atoms with van der Waals surface area (Å²) in [6, 6.07) is 6.45. The second kappa shape index (κ2) is 4.63. The van der Waals surface area contributed by atoms with Crippen LogP contribution < -0.4 is 10.6 Å². The third kappa shape index (κ3) is 2.00. The first-order chi connectivity index (χ1) is 8.54. The fourth-order valence-electron chi connectivity index (χ4n) is 2.28. The number of nitrogens with two attached hydrogens (primary N) is 1. The van der Waals surface area contributed by atoms with Crippen molar-refractivity contribution in [2.75, 3.05) is 11.4 Å². The molecule has 1 aromatic carbocycles. The van der Waals surface area contributed by atoms with Crippen LogP contribution in [0.3, 0.4) is 0 Å². The van der Waals surface area contributed by atoms with Gasteiger partial charge in [-0.3, -0.25) is 10.1 Å². The van der Waals surface area contributed by atoms with Gasteiger partial charge >= 0.3 is 0 Å². The van der Waals surface area contributed by atoms with Crippen LogP contribution in [0.4, 0.5) is 11.4 Å². The first-order valence-electron chi connectivity index (χ1n) is 5.75. The van der Waals surface area contributed by atoms with E-state index in [-0.39, 0.29) is 17.8 Å². The van der Waals surface area contributed by atoms with E-state index in [0.717, 1.165) is 6.42 Å². The van der Waals surface area contributed by atoms with Crippen molar-refractivity contribution >= 4 is 11.4 Å². The molecule has 0 radical (unpaired) electrons. The Morgan fingerprint density at radius 3 is 2.83 bits per heavy atom. The number of benzene rings is 1. The summed E-state index contributed by atoms with van der Waals surface area (Å²) in [6.45, 7) is 2.62. The fraction of sp³-hybridized carbons (Fsp3) is 0.417. The van der Waals surface area contributed by atoms with Crippen molar-refractivity contribution < 1.29 is 4.92 Å². The quantitative estimate of drug-likeness (QED) is 0.628. The Morgan fingerprint density at radius 2 is 2.33 bits per heavy atom. The molecule has 1 fully saturated rings. The van der Waals surface area contributed by atoms with Gasteiger partial charge < -0.3 is 10.6 Å². The van der Waals surface area contributed by atoms with Crippen LogP contribution in [0.15, 0.2) is 18.2 Å². The first-order valence-corrected chi connectivity index (χ1v) is 5.75. The summed E-state index contributed by atoms with van der Waals surface area (Å²) in [6.07, 6.45) is 0.801. The Balaban J connectivity index is 2.48. The molecule has 0 aromatic heterocycles. The number of hydrogen-bond acceptors (Lipinski definition) is 5. The monoisotopic (exact) mass is 246 g/mol. The second-order valence-electron chi connectivity index (χ2n) is 4.46. The molecule has 6 nitrogen and oxygen atoms in total. The molecular formula is C12H14N4O2. The predicted octanol–water partition coefficient (Wildman–Crippen LogP) is 1.39. The van der Waals surface area contributed by atoms with E-state index in [0.29, 0.717) is 17.8 Å². The summed E-state index contributed by atoms with van der Waals surface area (Å²) < 4.78 is 0. The highest BCUT2D eigenvalue weighted by molar-refractivity contribution is 5.67. The molecule has 2 atom stereocenters. The zero-order valence-electron chi connectivity index (χ0n) is 10.0. The van der Waals surface area contributed by atoms with E-state index >= 15 is 0 Å². The van der Waals surface area contributed by atoms with Crippen LogP contribution in [0.25, 0.3) is 0 Å². The Labute approximate surface area is 105 Å². The second-order valence-corrected chi connectivity index (χ2v) is 4.46. The highest BCUT2D eigenvalue weighted by atomic mass is 16.6. The molecule has 2 rings (SSSR count). The van der Waals surface area contributed by atoms with Gasteiger partial charge in [0.2, 0.25) is 0 Å². The van der Waals surface area contributed by atoms with Gasteiger partial charge in [-0.1, -0.05) is 0 Å². The summed E-state index contributed by atoms with van der Waals surface area (Å²) in [4.78, 5) is 12.5. The van der Waals surface area contributed by atoms with Crippen LogP contribution in [0, 0.1) is 21.4 Å². The smallest absolute Gasteiger partial charge is 0.292 e. The average Bonchev–Trinajstić information content (AvgIpc) is 2.69. The molecule has 0 spiro atoms. The van der Waals surface area contributed by atoms with Crippen molar-refractivity contribution in [1.82, 2.24) is 0 Å². The van der Waals surface area contributed by atoms with Gasteiger partial charge in [0, 0.05) is 24.7 Å². The number of nitrogens with zero attached hydrogens (tertiary/aromatic N) is 3. The molecule has 0 bridgehead atoms. The number of anilines is 1. The zero-order chi connectivity index (χ0) is 13.3. The molecule has 94 valence electrons. The highest BCUT2D eigenvalue weighted by Gasteiger charge is 2.32. The van der Waals surface area contributed by atoms with Crippen molar-refractivity contribution in [3.05, 3.63) is 33.9 Å². The molecule has 18 heavy (non-hydrogen) atoms. The van der Waals surface area contributed by atoms with Crippen molar-refractivity contribution in [3.63, 3.8) is 0 Å². The van der Waals surface area contributed by atoms with Gasteiger partial charge in [-0.05, 0) is 25.5 Å². The summed E-state index contributed by atoms with van der Waals surface area (Å²) in [5.74, 6) is 0. The zero-order valence-corrected chi connectivity index (χ0v) is 10.0. The molecule has 1 saturated heterocycles. The number of rotatable bonds is 2. The summed E-state index contributed by atoms with van der Waals surface area (Å²) in [5, 5.41) is 19.9. The Kier molecular flexibility index (Phi) is 3.17. The lowest BCUT2D eigenvalue weighted by atomic mass is 10.1. The lowest BCUT2D eigenvalue weighted by Gasteiger charge is -2.25. The van der Waals surface area contributed by atoms with Crippen LogP contribution in [0.1, 0.15) is 18.9 Å². The number of nitriles is 1. The molecule has 1 aliphatic rings. The van der Waals surface area contributed by atoms with Crippen LogP contribution in [-0.2, 0) is 0 Å². The van der Waals surface area contributed by atoms with Gasteiger partial charge in [0.1, 0.15) is 5.69 Å². The minimum atomic E-state index is -0.424. The van der Waals surface area contributed by atoms with Crippen LogP contribution in [0.2, 0.25) is 0 Å². The lowest BCUT2D eigenvalue weighted by molar-refractivity contribution is -0.384. The number of nitro benzene ring substituents is 1. The van der Waals surface area contributed by atoms with E-state index in [1.54, 1.807) is 6.07 Å². The number of nitro groups is 1. The van der Waals surface area contributed by atoms with Crippen LogP contribution in [-0.4, -0.2) is 23.6 Å². The maximum Gasteiger partial charge on any atom is 0.292 e. The molecule has 6 heteroatoms. The molecule has 1 aromatic rings. The van der Waals surface area contributed by atoms with Crippen molar-refractivity contribution in [2.45, 2.75) is 25.4 Å². The van der Waals surface area contributed by atoms with Gasteiger partial charge in [0.15, 0.2) is 0 Å². The molecule has 2 N–H and O–H groups in total. The fourth-order valence-corrected chi connectivity index (χ4v) is 2.28. The topological polar surface area (TPSA) is 96.2 Å².